The number of hydrogen-bond donors (Lipinski definition) is 2. The number of sulfonamides is 1. The summed E-state index contributed by atoms with van der Waals surface area (Å²) in [5, 5.41) is 3.31. The molecule has 1 atom stereocenters. The van der Waals surface area contributed by atoms with E-state index in [1.165, 1.54) is 0 Å². The lowest BCUT2D eigenvalue weighted by molar-refractivity contribution is 0.539. The van der Waals surface area contributed by atoms with E-state index in [4.69, 9.17) is 0 Å². The summed E-state index contributed by atoms with van der Waals surface area (Å²) in [5.74, 6) is 0.569. The predicted molar refractivity (Wildman–Crippen MR) is 84.5 cm³/mol. The Morgan fingerprint density at radius 3 is 2.40 bits per heavy atom. The number of nitrogens with one attached hydrogen (secondary N) is 2. The Morgan fingerprint density at radius 1 is 1.15 bits per heavy atom. The molecule has 20 heavy (non-hydrogen) atoms. The van der Waals surface area contributed by atoms with Crippen LogP contribution in [-0.2, 0) is 10.0 Å². The summed E-state index contributed by atoms with van der Waals surface area (Å²) in [4.78, 5) is 0.323. The van der Waals surface area contributed by atoms with Crippen LogP contribution in [0.4, 0.5) is 5.69 Å². The average Bonchev–Trinajstić information content (AvgIpc) is 2.36. The molecule has 1 rings (SSSR count). The van der Waals surface area contributed by atoms with Crippen molar-refractivity contribution in [2.75, 3.05) is 11.9 Å². The fourth-order valence-corrected chi connectivity index (χ4v) is 3.47. The maximum absolute atomic E-state index is 12.3. The fourth-order valence-electron chi connectivity index (χ4n) is 2.17. The van der Waals surface area contributed by atoms with Crippen LogP contribution in [0.2, 0.25) is 0 Å². The first-order chi connectivity index (χ1) is 9.36. The van der Waals surface area contributed by atoms with Crippen LogP contribution in [-0.4, -0.2) is 21.0 Å². The Kier molecular flexibility index (Phi) is 6.49. The molecule has 0 aliphatic rings. The molecule has 0 aliphatic heterocycles. The molecule has 0 saturated heterocycles. The molecule has 4 nitrogen and oxygen atoms in total. The minimum absolute atomic E-state index is 0.234. The zero-order valence-corrected chi connectivity index (χ0v) is 13.6. The van der Waals surface area contributed by atoms with Gasteiger partial charge in [-0.2, -0.15) is 0 Å². The minimum atomic E-state index is -3.44. The van der Waals surface area contributed by atoms with Crippen molar-refractivity contribution in [3.8, 4) is 0 Å². The van der Waals surface area contributed by atoms with Crippen molar-refractivity contribution in [2.24, 2.45) is 5.92 Å². The van der Waals surface area contributed by atoms with Crippen LogP contribution in [0, 0.1) is 5.92 Å². The molecule has 0 amide bonds. The Morgan fingerprint density at radius 2 is 1.80 bits per heavy atom. The molecule has 1 aromatic rings. The third-order valence-electron chi connectivity index (χ3n) is 2.95. The molecule has 0 fully saturated rings. The highest BCUT2D eigenvalue weighted by atomic mass is 32.2. The van der Waals surface area contributed by atoms with Crippen molar-refractivity contribution >= 4 is 15.7 Å². The van der Waals surface area contributed by atoms with Gasteiger partial charge in [-0.25, -0.2) is 13.1 Å². The quantitative estimate of drug-likeness (QED) is 0.774. The van der Waals surface area contributed by atoms with Crippen molar-refractivity contribution in [1.29, 1.82) is 0 Å². The third kappa shape index (κ3) is 5.13. The summed E-state index contributed by atoms with van der Waals surface area (Å²) in [6, 6.07) is 7.29. The van der Waals surface area contributed by atoms with Crippen LogP contribution < -0.4 is 10.0 Å². The number of benzene rings is 1. The van der Waals surface area contributed by atoms with Crippen LogP contribution in [0.3, 0.4) is 0 Å². The number of anilines is 1. The minimum Gasteiger partial charge on any atom is -0.381 e. The molecule has 114 valence electrons. The van der Waals surface area contributed by atoms with Gasteiger partial charge in [0, 0.05) is 12.6 Å². The Labute approximate surface area is 123 Å². The van der Waals surface area contributed by atoms with Gasteiger partial charge in [0.05, 0.1) is 5.69 Å². The topological polar surface area (TPSA) is 58.2 Å². The zero-order valence-electron chi connectivity index (χ0n) is 12.8. The molecule has 0 spiro atoms. The number of hydrogen-bond acceptors (Lipinski definition) is 3. The summed E-state index contributed by atoms with van der Waals surface area (Å²) >= 11 is 0. The van der Waals surface area contributed by atoms with Gasteiger partial charge in [-0.05, 0) is 37.8 Å². The molecule has 1 unspecified atom stereocenters. The monoisotopic (exact) mass is 298 g/mol. The van der Waals surface area contributed by atoms with E-state index in [0.717, 1.165) is 12.8 Å². The van der Waals surface area contributed by atoms with Gasteiger partial charge in [-0.15, -0.1) is 0 Å². The Balaban J connectivity index is 2.93. The lowest BCUT2D eigenvalue weighted by Gasteiger charge is -2.19. The van der Waals surface area contributed by atoms with Gasteiger partial charge in [0.2, 0.25) is 10.0 Å². The summed E-state index contributed by atoms with van der Waals surface area (Å²) in [5.41, 5.74) is 0.671. The van der Waals surface area contributed by atoms with E-state index in [0.29, 0.717) is 23.0 Å². The van der Waals surface area contributed by atoms with Crippen molar-refractivity contribution in [3.63, 3.8) is 0 Å². The summed E-state index contributed by atoms with van der Waals surface area (Å²) in [7, 11) is -3.44. The Bertz CT molecular complexity index is 512. The van der Waals surface area contributed by atoms with Gasteiger partial charge < -0.3 is 5.32 Å². The molecule has 2 N–H and O–H groups in total. The molecule has 5 heteroatoms. The van der Waals surface area contributed by atoms with Gasteiger partial charge in [-0.3, -0.25) is 0 Å². The van der Waals surface area contributed by atoms with Crippen LogP contribution in [0.5, 0.6) is 0 Å². The third-order valence-corrected chi connectivity index (χ3v) is 4.46. The predicted octanol–water partition coefficient (Wildman–Crippen LogP) is 3.22. The first-order valence-electron chi connectivity index (χ1n) is 7.22. The van der Waals surface area contributed by atoms with Gasteiger partial charge in [0.1, 0.15) is 4.90 Å². The smallest absolute Gasteiger partial charge is 0.242 e. The highest BCUT2D eigenvalue weighted by Gasteiger charge is 2.18. The highest BCUT2D eigenvalue weighted by Crippen LogP contribution is 2.22. The first-order valence-corrected chi connectivity index (χ1v) is 8.70. The van der Waals surface area contributed by atoms with Crippen molar-refractivity contribution < 1.29 is 8.42 Å². The standard InChI is InChI=1S/C15H26N2O2S/c1-5-10-16-20(18,19)15-9-7-6-8-14(15)17-13(4)11-12(2)3/h6-9,12-13,16-17H,5,10-11H2,1-4H3. The number of para-hydroxylation sites is 1. The van der Waals surface area contributed by atoms with E-state index in [1.807, 2.05) is 19.1 Å². The SMILES string of the molecule is CCCNS(=O)(=O)c1ccccc1NC(C)CC(C)C. The molecular formula is C15H26N2O2S. The maximum atomic E-state index is 12.3. The van der Waals surface area contributed by atoms with E-state index in [9.17, 15) is 8.42 Å². The lowest BCUT2D eigenvalue weighted by Crippen LogP contribution is -2.26. The van der Waals surface area contributed by atoms with Crippen LogP contribution in [0.25, 0.3) is 0 Å². The van der Waals surface area contributed by atoms with E-state index in [-0.39, 0.29) is 6.04 Å². The second-order valence-corrected chi connectivity index (χ2v) is 7.30. The van der Waals surface area contributed by atoms with Gasteiger partial charge in [-0.1, -0.05) is 32.9 Å². The van der Waals surface area contributed by atoms with E-state index < -0.39 is 10.0 Å². The van der Waals surface area contributed by atoms with Crippen LogP contribution >= 0.6 is 0 Å². The van der Waals surface area contributed by atoms with Crippen molar-refractivity contribution in [3.05, 3.63) is 24.3 Å². The summed E-state index contributed by atoms with van der Waals surface area (Å²) < 4.78 is 27.1. The highest BCUT2D eigenvalue weighted by molar-refractivity contribution is 7.89. The van der Waals surface area contributed by atoms with E-state index in [2.05, 4.69) is 30.8 Å². The van der Waals surface area contributed by atoms with Crippen molar-refractivity contribution in [2.45, 2.75) is 51.5 Å². The average molecular weight is 298 g/mol. The lowest BCUT2D eigenvalue weighted by atomic mass is 10.1. The molecular weight excluding hydrogens is 272 g/mol. The van der Waals surface area contributed by atoms with Gasteiger partial charge in [0.15, 0.2) is 0 Å². The van der Waals surface area contributed by atoms with Gasteiger partial charge >= 0.3 is 0 Å². The first kappa shape index (κ1) is 17.0. The van der Waals surface area contributed by atoms with E-state index >= 15 is 0 Å². The van der Waals surface area contributed by atoms with Crippen LogP contribution in [0.1, 0.15) is 40.5 Å². The normalized spacial score (nSPS) is 13.4. The zero-order chi connectivity index (χ0) is 15.2. The maximum Gasteiger partial charge on any atom is 0.242 e. The summed E-state index contributed by atoms with van der Waals surface area (Å²) in [6.07, 6.45) is 1.77. The van der Waals surface area contributed by atoms with Gasteiger partial charge in [0.25, 0.3) is 0 Å². The summed E-state index contributed by atoms with van der Waals surface area (Å²) in [6.45, 7) is 8.78. The molecule has 0 radical (unpaired) electrons. The second kappa shape index (κ2) is 7.64. The number of rotatable bonds is 8. The molecule has 1 aromatic carbocycles. The molecule has 0 aromatic heterocycles. The largest absolute Gasteiger partial charge is 0.381 e. The molecule has 0 aliphatic carbocycles. The molecule has 0 saturated carbocycles. The molecule has 0 heterocycles. The van der Waals surface area contributed by atoms with Crippen LogP contribution in [0.15, 0.2) is 29.2 Å². The van der Waals surface area contributed by atoms with E-state index in [1.54, 1.807) is 12.1 Å². The van der Waals surface area contributed by atoms with Crippen molar-refractivity contribution in [1.82, 2.24) is 4.72 Å². The molecule has 0 bridgehead atoms. The second-order valence-electron chi connectivity index (χ2n) is 5.57. The fraction of sp³-hybridized carbons (Fsp3) is 0.600. The Hall–Kier alpha value is -1.07.